The van der Waals surface area contributed by atoms with Crippen LogP contribution in [0.1, 0.15) is 39.0 Å². The normalized spacial score (nSPS) is 10.5. The molecular weight excluding hydrogens is 360 g/mol. The molecule has 0 aliphatic heterocycles. The third-order valence-corrected chi connectivity index (χ3v) is 3.86. The van der Waals surface area contributed by atoms with Crippen LogP contribution in [0, 0.1) is 13.8 Å². The Balaban J connectivity index is 2.08. The molecule has 9 nitrogen and oxygen atoms in total. The number of esters is 1. The molecular formula is C19H20N6O3. The zero-order chi connectivity index (χ0) is 20.3. The van der Waals surface area contributed by atoms with Crippen molar-refractivity contribution >= 4 is 23.4 Å². The van der Waals surface area contributed by atoms with Gasteiger partial charge < -0.3 is 15.8 Å². The fourth-order valence-corrected chi connectivity index (χ4v) is 2.66. The molecule has 0 aliphatic carbocycles. The zero-order valence-electron chi connectivity index (χ0n) is 15.8. The van der Waals surface area contributed by atoms with Crippen molar-refractivity contribution in [2.75, 3.05) is 17.7 Å². The van der Waals surface area contributed by atoms with Gasteiger partial charge in [0.1, 0.15) is 5.56 Å². The predicted octanol–water partition coefficient (Wildman–Crippen LogP) is 2.29. The van der Waals surface area contributed by atoms with Gasteiger partial charge >= 0.3 is 5.97 Å². The maximum absolute atomic E-state index is 12.8. The lowest BCUT2D eigenvalue weighted by molar-refractivity contribution is 0.0527. The summed E-state index contributed by atoms with van der Waals surface area (Å²) in [5.41, 5.74) is 8.00. The second kappa shape index (κ2) is 7.87. The van der Waals surface area contributed by atoms with E-state index in [1.54, 1.807) is 31.2 Å². The van der Waals surface area contributed by atoms with Gasteiger partial charge in [-0.3, -0.25) is 4.79 Å². The number of carbonyl (C=O) groups is 2. The van der Waals surface area contributed by atoms with Gasteiger partial charge in [-0.25, -0.2) is 14.8 Å². The van der Waals surface area contributed by atoms with Crippen molar-refractivity contribution in [2.45, 2.75) is 20.8 Å². The first kappa shape index (κ1) is 19.0. The number of hydrogen-bond donors (Lipinski definition) is 2. The SMILES string of the molecule is CCOC(=O)c1cnn(-c2nc(C)cc(C)n2)c1NC(=O)c1ccccc1N. The number of rotatable bonds is 5. The summed E-state index contributed by atoms with van der Waals surface area (Å²) in [5, 5.41) is 6.88. The minimum atomic E-state index is -0.616. The molecule has 0 bridgehead atoms. The molecule has 0 fully saturated rings. The van der Waals surface area contributed by atoms with Crippen molar-refractivity contribution in [1.82, 2.24) is 19.7 Å². The molecule has 3 N–H and O–H groups in total. The summed E-state index contributed by atoms with van der Waals surface area (Å²) in [5.74, 6) is -0.773. The van der Waals surface area contributed by atoms with Gasteiger partial charge in [-0.05, 0) is 39.0 Å². The summed E-state index contributed by atoms with van der Waals surface area (Å²) in [6.07, 6.45) is 1.31. The summed E-state index contributed by atoms with van der Waals surface area (Å²) in [6, 6.07) is 8.43. The van der Waals surface area contributed by atoms with Crippen molar-refractivity contribution in [1.29, 1.82) is 0 Å². The van der Waals surface area contributed by atoms with Gasteiger partial charge in [0, 0.05) is 17.1 Å². The van der Waals surface area contributed by atoms with E-state index in [1.165, 1.54) is 10.9 Å². The van der Waals surface area contributed by atoms with Crippen LogP contribution in [-0.4, -0.2) is 38.2 Å². The molecule has 2 aromatic heterocycles. The number of amides is 1. The number of aromatic nitrogens is 4. The fourth-order valence-electron chi connectivity index (χ4n) is 2.66. The van der Waals surface area contributed by atoms with Crippen molar-refractivity contribution < 1.29 is 14.3 Å². The fraction of sp³-hybridized carbons (Fsp3) is 0.211. The van der Waals surface area contributed by atoms with Crippen LogP contribution < -0.4 is 11.1 Å². The predicted molar refractivity (Wildman–Crippen MR) is 103 cm³/mol. The summed E-state index contributed by atoms with van der Waals surface area (Å²) >= 11 is 0. The average Bonchev–Trinajstić information content (AvgIpc) is 3.05. The van der Waals surface area contributed by atoms with Crippen LogP contribution in [0.2, 0.25) is 0 Å². The highest BCUT2D eigenvalue weighted by atomic mass is 16.5. The van der Waals surface area contributed by atoms with E-state index < -0.39 is 11.9 Å². The van der Waals surface area contributed by atoms with Crippen molar-refractivity contribution in [2.24, 2.45) is 0 Å². The first-order valence-electron chi connectivity index (χ1n) is 8.64. The summed E-state index contributed by atoms with van der Waals surface area (Å²) < 4.78 is 6.36. The van der Waals surface area contributed by atoms with E-state index >= 15 is 0 Å². The number of hydrogen-bond acceptors (Lipinski definition) is 7. The highest BCUT2D eigenvalue weighted by molar-refractivity contribution is 6.10. The van der Waals surface area contributed by atoms with Gasteiger partial charge in [0.25, 0.3) is 11.9 Å². The minimum Gasteiger partial charge on any atom is -0.462 e. The highest BCUT2D eigenvalue weighted by Crippen LogP contribution is 2.22. The van der Waals surface area contributed by atoms with Crippen molar-refractivity contribution in [3.05, 3.63) is 59.0 Å². The minimum absolute atomic E-state index is 0.0902. The van der Waals surface area contributed by atoms with E-state index in [4.69, 9.17) is 10.5 Å². The molecule has 0 radical (unpaired) electrons. The Labute approximate surface area is 161 Å². The summed E-state index contributed by atoms with van der Waals surface area (Å²) in [7, 11) is 0. The molecule has 2 heterocycles. The Morgan fingerprint density at radius 1 is 1.14 bits per heavy atom. The molecule has 144 valence electrons. The third kappa shape index (κ3) is 3.83. The molecule has 0 saturated carbocycles. The molecule has 0 aliphatic rings. The smallest absolute Gasteiger partial charge is 0.343 e. The van der Waals surface area contributed by atoms with E-state index in [0.717, 1.165) is 11.4 Å². The number of anilines is 2. The number of nitrogens with zero attached hydrogens (tertiary/aromatic N) is 4. The van der Waals surface area contributed by atoms with Crippen LogP contribution >= 0.6 is 0 Å². The van der Waals surface area contributed by atoms with Crippen LogP contribution in [0.5, 0.6) is 0 Å². The van der Waals surface area contributed by atoms with Crippen LogP contribution in [0.15, 0.2) is 36.5 Å². The molecule has 1 aromatic carbocycles. The van der Waals surface area contributed by atoms with E-state index in [1.807, 2.05) is 19.9 Å². The monoisotopic (exact) mass is 380 g/mol. The highest BCUT2D eigenvalue weighted by Gasteiger charge is 2.24. The Morgan fingerprint density at radius 2 is 1.82 bits per heavy atom. The molecule has 0 unspecified atom stereocenters. The lowest BCUT2D eigenvalue weighted by Gasteiger charge is -2.11. The first-order valence-corrected chi connectivity index (χ1v) is 8.64. The number of nitrogens with two attached hydrogens (primary N) is 1. The van der Waals surface area contributed by atoms with E-state index in [9.17, 15) is 9.59 Å². The maximum Gasteiger partial charge on any atom is 0.343 e. The molecule has 9 heteroatoms. The number of nitrogens with one attached hydrogen (secondary N) is 1. The van der Waals surface area contributed by atoms with Crippen molar-refractivity contribution in [3.8, 4) is 5.95 Å². The number of carbonyl (C=O) groups excluding carboxylic acids is 2. The lowest BCUT2D eigenvalue weighted by atomic mass is 10.1. The number of para-hydroxylation sites is 1. The summed E-state index contributed by atoms with van der Waals surface area (Å²) in [6.45, 7) is 5.51. The van der Waals surface area contributed by atoms with E-state index in [2.05, 4.69) is 20.4 Å². The Bertz CT molecular complexity index is 1020. The molecule has 1 amide bonds. The maximum atomic E-state index is 12.8. The Morgan fingerprint density at radius 3 is 2.46 bits per heavy atom. The first-order chi connectivity index (χ1) is 13.4. The molecule has 28 heavy (non-hydrogen) atoms. The Hall–Kier alpha value is -3.75. The van der Waals surface area contributed by atoms with Gasteiger partial charge in [-0.1, -0.05) is 12.1 Å². The number of aryl methyl sites for hydroxylation is 2. The quantitative estimate of drug-likeness (QED) is 0.514. The lowest BCUT2D eigenvalue weighted by Crippen LogP contribution is -2.20. The third-order valence-electron chi connectivity index (χ3n) is 3.86. The van der Waals surface area contributed by atoms with Crippen LogP contribution in [-0.2, 0) is 4.74 Å². The van der Waals surface area contributed by atoms with E-state index in [-0.39, 0.29) is 29.5 Å². The van der Waals surface area contributed by atoms with Gasteiger partial charge in [-0.15, -0.1) is 0 Å². The van der Waals surface area contributed by atoms with Gasteiger partial charge in [0.05, 0.1) is 18.4 Å². The molecule has 0 spiro atoms. The van der Waals surface area contributed by atoms with E-state index in [0.29, 0.717) is 5.69 Å². The largest absolute Gasteiger partial charge is 0.462 e. The molecule has 0 atom stereocenters. The zero-order valence-corrected chi connectivity index (χ0v) is 15.8. The van der Waals surface area contributed by atoms with Crippen LogP contribution in [0.3, 0.4) is 0 Å². The number of nitrogen functional groups attached to an aromatic ring is 1. The van der Waals surface area contributed by atoms with Crippen LogP contribution in [0.25, 0.3) is 5.95 Å². The standard InChI is InChI=1S/C19H20N6O3/c1-4-28-18(27)14-10-21-25(19-22-11(2)9-12(3)23-19)16(14)24-17(26)13-7-5-6-8-15(13)20/h5-10H,4,20H2,1-3H3,(H,24,26). The van der Waals surface area contributed by atoms with Crippen LogP contribution in [0.4, 0.5) is 11.5 Å². The molecule has 3 aromatic rings. The van der Waals surface area contributed by atoms with Gasteiger partial charge in [0.15, 0.2) is 5.82 Å². The van der Waals surface area contributed by atoms with Gasteiger partial charge in [-0.2, -0.15) is 9.78 Å². The topological polar surface area (TPSA) is 125 Å². The number of benzene rings is 1. The van der Waals surface area contributed by atoms with Crippen molar-refractivity contribution in [3.63, 3.8) is 0 Å². The number of ether oxygens (including phenoxy) is 1. The second-order valence-electron chi connectivity index (χ2n) is 6.03. The Kier molecular flexibility index (Phi) is 5.35. The average molecular weight is 380 g/mol. The summed E-state index contributed by atoms with van der Waals surface area (Å²) in [4.78, 5) is 33.8. The second-order valence-corrected chi connectivity index (χ2v) is 6.03. The van der Waals surface area contributed by atoms with Gasteiger partial charge in [0.2, 0.25) is 0 Å². The molecule has 3 rings (SSSR count). The molecule has 0 saturated heterocycles.